The van der Waals surface area contributed by atoms with Gasteiger partial charge in [0.05, 0.1) is 22.3 Å². The third kappa shape index (κ3) is 9.11. The Morgan fingerprint density at radius 3 is 1.29 bits per heavy atom. The molecular formula is C38H36O9S. The van der Waals surface area contributed by atoms with Gasteiger partial charge >= 0.3 is 23.9 Å². The number of hydrogen-bond donors (Lipinski definition) is 0. The van der Waals surface area contributed by atoms with E-state index in [2.05, 4.69) is 0 Å². The van der Waals surface area contributed by atoms with Gasteiger partial charge in [-0.15, -0.1) is 11.8 Å². The Bertz CT molecular complexity index is 1680. The SMILES string of the molecule is CC(C)(C)S[C@H]1O[C@H](COC(=O)c2ccccc2)[C@@H](OC(=O)c2ccccc2)[C@H](OC(=O)c2ccccc2)[C@@H]1OC(=O)c1ccccc1. The average molecular weight is 669 g/mol. The van der Waals surface area contributed by atoms with Crippen LogP contribution in [-0.2, 0) is 23.7 Å². The second-order valence-electron chi connectivity index (χ2n) is 11.9. The summed E-state index contributed by atoms with van der Waals surface area (Å²) >= 11 is 1.33. The topological polar surface area (TPSA) is 114 Å². The van der Waals surface area contributed by atoms with E-state index >= 15 is 0 Å². The summed E-state index contributed by atoms with van der Waals surface area (Å²) in [6, 6.07) is 33.3. The molecule has 5 atom stereocenters. The molecule has 0 unspecified atom stereocenters. The first-order valence-corrected chi connectivity index (χ1v) is 16.3. The molecular weight excluding hydrogens is 632 g/mol. The van der Waals surface area contributed by atoms with E-state index in [-0.39, 0.29) is 23.3 Å². The van der Waals surface area contributed by atoms with Gasteiger partial charge < -0.3 is 23.7 Å². The zero-order valence-electron chi connectivity index (χ0n) is 26.7. The van der Waals surface area contributed by atoms with Crippen LogP contribution in [0.4, 0.5) is 0 Å². The van der Waals surface area contributed by atoms with Crippen molar-refractivity contribution in [3.8, 4) is 0 Å². The Labute approximate surface area is 283 Å². The van der Waals surface area contributed by atoms with Gasteiger partial charge in [-0.2, -0.15) is 0 Å². The number of benzene rings is 4. The van der Waals surface area contributed by atoms with Crippen LogP contribution in [0, 0.1) is 0 Å². The lowest BCUT2D eigenvalue weighted by molar-refractivity contribution is -0.207. The van der Waals surface area contributed by atoms with Gasteiger partial charge in [-0.25, -0.2) is 19.2 Å². The molecule has 4 aromatic carbocycles. The molecule has 1 aliphatic heterocycles. The molecule has 0 N–H and O–H groups in total. The van der Waals surface area contributed by atoms with E-state index in [1.165, 1.54) is 11.8 Å². The summed E-state index contributed by atoms with van der Waals surface area (Å²) < 4.78 is 30.0. The number of esters is 4. The average Bonchev–Trinajstić information content (AvgIpc) is 3.10. The van der Waals surface area contributed by atoms with Crippen molar-refractivity contribution in [3.63, 3.8) is 0 Å². The van der Waals surface area contributed by atoms with Crippen molar-refractivity contribution in [3.05, 3.63) is 144 Å². The standard InChI is InChI=1S/C38H36O9S/c1-38(2,3)48-37-32(47-36(42)28-22-14-7-15-23-28)31(46-35(41)27-20-12-6-13-21-27)30(45-34(40)26-18-10-5-11-19-26)29(44-37)24-43-33(39)25-16-8-4-9-17-25/h4-23,29-32,37H,24H2,1-3H3/t29-,30-,31+,32+,37-/m1/s1. The summed E-state index contributed by atoms with van der Waals surface area (Å²) in [6.45, 7) is 5.50. The van der Waals surface area contributed by atoms with E-state index in [0.29, 0.717) is 5.56 Å². The minimum absolute atomic E-state index is 0.231. The molecule has 248 valence electrons. The molecule has 0 radical (unpaired) electrons. The Balaban J connectivity index is 1.56. The molecule has 48 heavy (non-hydrogen) atoms. The number of hydrogen-bond acceptors (Lipinski definition) is 10. The van der Waals surface area contributed by atoms with Gasteiger partial charge in [0, 0.05) is 4.75 Å². The van der Waals surface area contributed by atoms with Crippen LogP contribution < -0.4 is 0 Å². The third-order valence-corrected chi connectivity index (χ3v) is 8.53. The summed E-state index contributed by atoms with van der Waals surface area (Å²) in [5, 5.41) is 0. The van der Waals surface area contributed by atoms with Gasteiger partial charge in [-0.1, -0.05) is 93.6 Å². The molecule has 0 aliphatic carbocycles. The highest BCUT2D eigenvalue weighted by atomic mass is 32.2. The Kier molecular flexibility index (Phi) is 11.3. The van der Waals surface area contributed by atoms with Crippen molar-refractivity contribution in [1.29, 1.82) is 0 Å². The fraction of sp³-hybridized carbons (Fsp3) is 0.263. The van der Waals surface area contributed by atoms with Crippen LogP contribution in [0.1, 0.15) is 62.2 Å². The van der Waals surface area contributed by atoms with Crippen molar-refractivity contribution >= 4 is 35.6 Å². The van der Waals surface area contributed by atoms with Gasteiger partial charge in [0.2, 0.25) is 0 Å². The molecule has 1 aliphatic rings. The molecule has 4 aromatic rings. The summed E-state index contributed by atoms with van der Waals surface area (Å²) in [5.41, 5.74) is 0.112. The lowest BCUT2D eigenvalue weighted by atomic mass is 9.98. The molecule has 1 saturated heterocycles. The van der Waals surface area contributed by atoms with Crippen molar-refractivity contribution in [2.45, 2.75) is 55.4 Å². The predicted molar refractivity (Wildman–Crippen MR) is 180 cm³/mol. The van der Waals surface area contributed by atoms with Crippen molar-refractivity contribution < 1.29 is 42.9 Å². The van der Waals surface area contributed by atoms with Crippen LogP contribution in [0.5, 0.6) is 0 Å². The maximum atomic E-state index is 13.6. The van der Waals surface area contributed by atoms with Crippen LogP contribution in [0.3, 0.4) is 0 Å². The van der Waals surface area contributed by atoms with E-state index < -0.39 is 58.5 Å². The normalized spacial score (nSPS) is 20.6. The monoisotopic (exact) mass is 668 g/mol. The highest BCUT2D eigenvalue weighted by Gasteiger charge is 2.54. The Morgan fingerprint density at radius 2 is 0.896 bits per heavy atom. The van der Waals surface area contributed by atoms with Crippen LogP contribution in [0.25, 0.3) is 0 Å². The summed E-state index contributed by atoms with van der Waals surface area (Å²) in [4.78, 5) is 53.7. The maximum absolute atomic E-state index is 13.6. The van der Waals surface area contributed by atoms with Crippen LogP contribution in [-0.4, -0.2) is 65.1 Å². The first-order chi connectivity index (χ1) is 23.1. The third-order valence-electron chi connectivity index (χ3n) is 7.21. The molecule has 9 nitrogen and oxygen atoms in total. The predicted octanol–water partition coefficient (Wildman–Crippen LogP) is 6.78. The summed E-state index contributed by atoms with van der Waals surface area (Å²) in [6.07, 6.45) is -5.10. The lowest BCUT2D eigenvalue weighted by Gasteiger charge is -2.45. The summed E-state index contributed by atoms with van der Waals surface area (Å²) in [7, 11) is 0. The number of thioether (sulfide) groups is 1. The highest BCUT2D eigenvalue weighted by Crippen LogP contribution is 2.40. The number of rotatable bonds is 10. The minimum atomic E-state index is -1.37. The first kappa shape index (κ1) is 34.4. The van der Waals surface area contributed by atoms with Crippen LogP contribution in [0.15, 0.2) is 121 Å². The Hall–Kier alpha value is -4.93. The quantitative estimate of drug-likeness (QED) is 0.132. The van der Waals surface area contributed by atoms with E-state index in [9.17, 15) is 19.2 Å². The molecule has 0 amide bonds. The molecule has 10 heteroatoms. The second kappa shape index (κ2) is 15.8. The largest absolute Gasteiger partial charge is 0.459 e. The fourth-order valence-corrected chi connectivity index (χ4v) is 6.21. The van der Waals surface area contributed by atoms with E-state index in [4.69, 9.17) is 23.7 Å². The number of ether oxygens (including phenoxy) is 5. The smallest absolute Gasteiger partial charge is 0.338 e. The zero-order valence-corrected chi connectivity index (χ0v) is 27.5. The maximum Gasteiger partial charge on any atom is 0.338 e. The van der Waals surface area contributed by atoms with Gasteiger partial charge in [0.15, 0.2) is 18.3 Å². The van der Waals surface area contributed by atoms with Crippen molar-refractivity contribution in [2.75, 3.05) is 6.61 Å². The first-order valence-electron chi connectivity index (χ1n) is 15.4. The van der Waals surface area contributed by atoms with Crippen molar-refractivity contribution in [2.24, 2.45) is 0 Å². The highest BCUT2D eigenvalue weighted by molar-refractivity contribution is 8.01. The number of carbonyl (C=O) groups is 4. The van der Waals surface area contributed by atoms with Gasteiger partial charge in [0.25, 0.3) is 0 Å². The lowest BCUT2D eigenvalue weighted by Crippen LogP contribution is -2.62. The molecule has 1 fully saturated rings. The van der Waals surface area contributed by atoms with Crippen molar-refractivity contribution in [1.82, 2.24) is 0 Å². The van der Waals surface area contributed by atoms with Gasteiger partial charge in [-0.05, 0) is 48.5 Å². The molecule has 1 heterocycles. The van der Waals surface area contributed by atoms with Crippen LogP contribution >= 0.6 is 11.8 Å². The summed E-state index contributed by atoms with van der Waals surface area (Å²) in [5.74, 6) is -2.78. The van der Waals surface area contributed by atoms with Crippen LogP contribution in [0.2, 0.25) is 0 Å². The van der Waals surface area contributed by atoms with E-state index in [1.807, 2.05) is 20.8 Å². The van der Waals surface area contributed by atoms with E-state index in [0.717, 1.165) is 0 Å². The Morgan fingerprint density at radius 1 is 0.542 bits per heavy atom. The molecule has 0 bridgehead atoms. The molecule has 0 saturated carbocycles. The molecule has 0 aromatic heterocycles. The molecule has 0 spiro atoms. The van der Waals surface area contributed by atoms with Gasteiger partial charge in [0.1, 0.15) is 18.1 Å². The van der Waals surface area contributed by atoms with Gasteiger partial charge in [-0.3, -0.25) is 0 Å². The fourth-order valence-electron chi connectivity index (χ4n) is 4.97. The van der Waals surface area contributed by atoms with E-state index in [1.54, 1.807) is 121 Å². The second-order valence-corrected chi connectivity index (χ2v) is 13.9. The molecule has 5 rings (SSSR count). The zero-order chi connectivity index (χ0) is 34.1. The minimum Gasteiger partial charge on any atom is -0.459 e. The number of carbonyl (C=O) groups excluding carboxylic acids is 4.